The summed E-state index contributed by atoms with van der Waals surface area (Å²) in [6.45, 7) is 5.09. The molecule has 0 N–H and O–H groups in total. The lowest BCUT2D eigenvalue weighted by Gasteiger charge is -2.21. The molecule has 24 heavy (non-hydrogen) atoms. The molecule has 0 unspecified atom stereocenters. The van der Waals surface area contributed by atoms with Gasteiger partial charge in [0.05, 0.1) is 12.0 Å². The van der Waals surface area contributed by atoms with E-state index in [0.717, 1.165) is 21.1 Å². The Hall–Kier alpha value is -2.14. The largest absolute Gasteiger partial charge is 0.497 e. The van der Waals surface area contributed by atoms with Gasteiger partial charge in [-0.15, -0.1) is 11.3 Å². The zero-order valence-corrected chi connectivity index (χ0v) is 15.2. The van der Waals surface area contributed by atoms with E-state index in [1.807, 2.05) is 50.2 Å². The molecule has 5 heteroatoms. The minimum absolute atomic E-state index is 0.00921. The third-order valence-electron chi connectivity index (χ3n) is 3.85. The Labute approximate surface area is 147 Å². The summed E-state index contributed by atoms with van der Waals surface area (Å²) in [4.78, 5) is 28.1. The van der Waals surface area contributed by atoms with Crippen molar-refractivity contribution in [2.75, 3.05) is 13.7 Å². The van der Waals surface area contributed by atoms with Crippen molar-refractivity contribution in [2.24, 2.45) is 0 Å². The second kappa shape index (κ2) is 8.64. The number of hydrogen-bond donors (Lipinski definition) is 0. The van der Waals surface area contributed by atoms with Crippen LogP contribution in [0.3, 0.4) is 0 Å². The lowest BCUT2D eigenvalue weighted by Crippen LogP contribution is -2.30. The number of ether oxygens (including phenoxy) is 1. The first kappa shape index (κ1) is 18.2. The first-order valence-electron chi connectivity index (χ1n) is 8.03. The van der Waals surface area contributed by atoms with Gasteiger partial charge in [-0.2, -0.15) is 0 Å². The normalized spacial score (nSPS) is 10.5. The van der Waals surface area contributed by atoms with Gasteiger partial charge in [-0.05, 0) is 43.7 Å². The van der Waals surface area contributed by atoms with Gasteiger partial charge in [0.2, 0.25) is 5.91 Å². The zero-order chi connectivity index (χ0) is 17.5. The lowest BCUT2D eigenvalue weighted by molar-refractivity contribution is -0.131. The molecule has 0 spiro atoms. The number of aryl methyl sites for hydroxylation is 1. The predicted octanol–water partition coefficient (Wildman–Crippen LogP) is 4.08. The van der Waals surface area contributed by atoms with Crippen LogP contribution in [0.15, 0.2) is 36.4 Å². The van der Waals surface area contributed by atoms with Crippen LogP contribution in [-0.2, 0) is 11.3 Å². The third kappa shape index (κ3) is 4.93. The minimum atomic E-state index is 0.00921. The number of thiophene rings is 1. The van der Waals surface area contributed by atoms with Crippen molar-refractivity contribution >= 4 is 23.0 Å². The molecule has 0 aliphatic carbocycles. The van der Waals surface area contributed by atoms with Gasteiger partial charge < -0.3 is 9.64 Å². The first-order chi connectivity index (χ1) is 11.5. The van der Waals surface area contributed by atoms with E-state index in [0.29, 0.717) is 13.1 Å². The van der Waals surface area contributed by atoms with Crippen molar-refractivity contribution in [1.82, 2.24) is 4.90 Å². The summed E-state index contributed by atoms with van der Waals surface area (Å²) >= 11 is 1.48. The van der Waals surface area contributed by atoms with Gasteiger partial charge >= 0.3 is 0 Å². The smallest absolute Gasteiger partial charge is 0.223 e. The summed E-state index contributed by atoms with van der Waals surface area (Å²) in [6, 6.07) is 11.4. The Morgan fingerprint density at radius 3 is 2.33 bits per heavy atom. The van der Waals surface area contributed by atoms with Crippen LogP contribution >= 0.6 is 11.3 Å². The molecule has 0 saturated heterocycles. The number of methoxy groups -OCH3 is 1. The average molecular weight is 345 g/mol. The highest BCUT2D eigenvalue weighted by Gasteiger charge is 2.15. The molecule has 0 aliphatic rings. The molecule has 1 aromatic heterocycles. The third-order valence-corrected chi connectivity index (χ3v) is 4.89. The predicted molar refractivity (Wildman–Crippen MR) is 96.7 cm³/mol. The standard InChI is InChI=1S/C19H23NO3S/c1-4-20(13-15-6-8-16(23-3)9-7-15)19(22)12-10-17(21)18-11-5-14(2)24-18/h5-9,11H,4,10,12-13H2,1-3H3. The van der Waals surface area contributed by atoms with E-state index in [-0.39, 0.29) is 24.5 Å². The fourth-order valence-electron chi connectivity index (χ4n) is 2.41. The van der Waals surface area contributed by atoms with Gasteiger partial charge in [-0.25, -0.2) is 0 Å². The highest BCUT2D eigenvalue weighted by molar-refractivity contribution is 7.14. The number of ketones is 1. The van der Waals surface area contributed by atoms with E-state index in [9.17, 15) is 9.59 Å². The summed E-state index contributed by atoms with van der Waals surface area (Å²) in [7, 11) is 1.63. The number of carbonyl (C=O) groups is 2. The van der Waals surface area contributed by atoms with Crippen LogP contribution in [0.25, 0.3) is 0 Å². The highest BCUT2D eigenvalue weighted by atomic mass is 32.1. The average Bonchev–Trinajstić information content (AvgIpc) is 3.04. The molecule has 2 rings (SSSR count). The monoisotopic (exact) mass is 345 g/mol. The van der Waals surface area contributed by atoms with Gasteiger partial charge in [0, 0.05) is 30.8 Å². The van der Waals surface area contributed by atoms with Crippen molar-refractivity contribution in [1.29, 1.82) is 0 Å². The summed E-state index contributed by atoms with van der Waals surface area (Å²) in [5.74, 6) is 0.849. The maximum atomic E-state index is 12.4. The number of amides is 1. The van der Waals surface area contributed by atoms with Crippen molar-refractivity contribution in [2.45, 2.75) is 33.2 Å². The van der Waals surface area contributed by atoms with Crippen LogP contribution in [0.2, 0.25) is 0 Å². The van der Waals surface area contributed by atoms with E-state index in [2.05, 4.69) is 0 Å². The minimum Gasteiger partial charge on any atom is -0.497 e. The van der Waals surface area contributed by atoms with E-state index in [1.54, 1.807) is 12.0 Å². The Kier molecular flexibility index (Phi) is 6.55. The SMILES string of the molecule is CCN(Cc1ccc(OC)cc1)C(=O)CCC(=O)c1ccc(C)s1. The number of rotatable bonds is 8. The number of Topliss-reactive ketones (excluding diaryl/α,β-unsaturated/α-hetero) is 1. The quantitative estimate of drug-likeness (QED) is 0.677. The van der Waals surface area contributed by atoms with Gasteiger partial charge in [0.25, 0.3) is 0 Å². The van der Waals surface area contributed by atoms with E-state index < -0.39 is 0 Å². The number of nitrogens with zero attached hydrogens (tertiary/aromatic N) is 1. The van der Waals surface area contributed by atoms with Crippen LogP contribution in [0, 0.1) is 6.92 Å². The maximum absolute atomic E-state index is 12.4. The van der Waals surface area contributed by atoms with E-state index in [4.69, 9.17) is 4.74 Å². The molecule has 0 aliphatic heterocycles. The molecule has 1 heterocycles. The van der Waals surface area contributed by atoms with Crippen LogP contribution in [0.1, 0.15) is 39.9 Å². The molecule has 0 atom stereocenters. The summed E-state index contributed by atoms with van der Waals surface area (Å²) in [5.41, 5.74) is 1.05. The molecule has 0 radical (unpaired) electrons. The lowest BCUT2D eigenvalue weighted by atomic mass is 10.1. The molecule has 4 nitrogen and oxygen atoms in total. The van der Waals surface area contributed by atoms with Crippen LogP contribution < -0.4 is 4.74 Å². The summed E-state index contributed by atoms with van der Waals surface area (Å²) in [6.07, 6.45) is 0.512. The molecule has 0 saturated carbocycles. The molecule has 128 valence electrons. The van der Waals surface area contributed by atoms with Crippen molar-refractivity contribution in [3.05, 3.63) is 51.7 Å². The summed E-state index contributed by atoms with van der Waals surface area (Å²) < 4.78 is 5.14. The van der Waals surface area contributed by atoms with Crippen LogP contribution in [0.4, 0.5) is 0 Å². The molecular weight excluding hydrogens is 322 g/mol. The van der Waals surface area contributed by atoms with Crippen LogP contribution in [0.5, 0.6) is 5.75 Å². The summed E-state index contributed by atoms with van der Waals surface area (Å²) in [5, 5.41) is 0. The van der Waals surface area contributed by atoms with Gasteiger partial charge in [0.15, 0.2) is 5.78 Å². The maximum Gasteiger partial charge on any atom is 0.223 e. The first-order valence-corrected chi connectivity index (χ1v) is 8.85. The van der Waals surface area contributed by atoms with Crippen molar-refractivity contribution in [3.63, 3.8) is 0 Å². The molecule has 0 bridgehead atoms. The number of carbonyl (C=O) groups excluding carboxylic acids is 2. The Bertz CT molecular complexity index is 691. The second-order valence-electron chi connectivity index (χ2n) is 5.59. The fourth-order valence-corrected chi connectivity index (χ4v) is 3.25. The van der Waals surface area contributed by atoms with Crippen molar-refractivity contribution < 1.29 is 14.3 Å². The fraction of sp³-hybridized carbons (Fsp3) is 0.368. The number of benzene rings is 1. The highest BCUT2D eigenvalue weighted by Crippen LogP contribution is 2.18. The van der Waals surface area contributed by atoms with E-state index in [1.165, 1.54) is 11.3 Å². The molecule has 1 amide bonds. The van der Waals surface area contributed by atoms with Crippen molar-refractivity contribution in [3.8, 4) is 5.75 Å². The molecule has 1 aromatic carbocycles. The topological polar surface area (TPSA) is 46.6 Å². The van der Waals surface area contributed by atoms with E-state index >= 15 is 0 Å². The Morgan fingerprint density at radius 1 is 1.08 bits per heavy atom. The van der Waals surface area contributed by atoms with Gasteiger partial charge in [-0.3, -0.25) is 9.59 Å². The Balaban J connectivity index is 1.89. The van der Waals surface area contributed by atoms with Gasteiger partial charge in [0.1, 0.15) is 5.75 Å². The molecule has 2 aromatic rings. The molecule has 0 fully saturated rings. The van der Waals surface area contributed by atoms with Crippen LogP contribution in [-0.4, -0.2) is 30.2 Å². The van der Waals surface area contributed by atoms with Gasteiger partial charge in [-0.1, -0.05) is 12.1 Å². The zero-order valence-electron chi connectivity index (χ0n) is 14.4. The molecular formula is C19H23NO3S. The number of hydrogen-bond acceptors (Lipinski definition) is 4. The second-order valence-corrected chi connectivity index (χ2v) is 6.88. The Morgan fingerprint density at radius 2 is 1.79 bits per heavy atom.